The first-order chi connectivity index (χ1) is 11.8. The Morgan fingerprint density at radius 3 is 2.52 bits per heavy atom. The van der Waals surface area contributed by atoms with Gasteiger partial charge in [0.05, 0.1) is 6.10 Å². The Kier molecular flexibility index (Phi) is 4.82. The van der Waals surface area contributed by atoms with Crippen LogP contribution in [0.15, 0.2) is 24.3 Å². The second kappa shape index (κ2) is 6.61. The van der Waals surface area contributed by atoms with E-state index in [4.69, 9.17) is 10.5 Å². The zero-order valence-electron chi connectivity index (χ0n) is 15.9. The second-order valence-electron chi connectivity index (χ2n) is 7.96. The third-order valence-corrected chi connectivity index (χ3v) is 6.15. The minimum Gasteiger partial charge on any atom is -0.378 e. The molecule has 1 aromatic rings. The first kappa shape index (κ1) is 18.2. The van der Waals surface area contributed by atoms with Crippen LogP contribution >= 0.6 is 0 Å². The number of ether oxygens (including phenoxy) is 1. The lowest BCUT2D eigenvalue weighted by molar-refractivity contribution is -0.179. The number of piperazine rings is 1. The molecule has 1 aliphatic carbocycles. The summed E-state index contributed by atoms with van der Waals surface area (Å²) in [5.74, 6) is 0.0809. The van der Waals surface area contributed by atoms with Gasteiger partial charge in [-0.05, 0) is 31.5 Å². The highest BCUT2D eigenvalue weighted by atomic mass is 16.5. The molecule has 0 bridgehead atoms. The molecule has 2 unspecified atom stereocenters. The SMILES string of the molecule is CCOC1CC(N)(C(=O)N2CCN(c3cccc(C)c3)CC2)C1(C)C. The Morgan fingerprint density at radius 2 is 1.96 bits per heavy atom. The number of benzene rings is 1. The predicted octanol–water partition coefficient (Wildman–Crippen LogP) is 2.18. The van der Waals surface area contributed by atoms with Crippen molar-refractivity contribution in [3.63, 3.8) is 0 Å². The van der Waals surface area contributed by atoms with E-state index in [2.05, 4.69) is 49.9 Å². The Hall–Kier alpha value is -1.59. The molecule has 1 amide bonds. The van der Waals surface area contributed by atoms with Crippen LogP contribution in [0.1, 0.15) is 32.8 Å². The fraction of sp³-hybridized carbons (Fsp3) is 0.650. The largest absolute Gasteiger partial charge is 0.378 e. The van der Waals surface area contributed by atoms with Crippen molar-refractivity contribution in [2.75, 3.05) is 37.7 Å². The lowest BCUT2D eigenvalue weighted by atomic mass is 9.54. The van der Waals surface area contributed by atoms with Crippen molar-refractivity contribution < 1.29 is 9.53 Å². The van der Waals surface area contributed by atoms with Crippen LogP contribution in [-0.2, 0) is 9.53 Å². The summed E-state index contributed by atoms with van der Waals surface area (Å²) in [6.07, 6.45) is 0.685. The van der Waals surface area contributed by atoms with Crippen molar-refractivity contribution in [2.24, 2.45) is 11.1 Å². The van der Waals surface area contributed by atoms with Gasteiger partial charge in [-0.15, -0.1) is 0 Å². The monoisotopic (exact) mass is 345 g/mol. The molecule has 2 fully saturated rings. The van der Waals surface area contributed by atoms with Gasteiger partial charge in [0.15, 0.2) is 0 Å². The van der Waals surface area contributed by atoms with Crippen molar-refractivity contribution >= 4 is 11.6 Å². The molecule has 0 aromatic heterocycles. The van der Waals surface area contributed by atoms with Gasteiger partial charge in [-0.1, -0.05) is 26.0 Å². The third-order valence-electron chi connectivity index (χ3n) is 6.15. The van der Waals surface area contributed by atoms with E-state index >= 15 is 0 Å². The van der Waals surface area contributed by atoms with Gasteiger partial charge in [0.2, 0.25) is 5.91 Å². The fourth-order valence-corrected chi connectivity index (χ4v) is 4.07. The molecule has 1 saturated heterocycles. The summed E-state index contributed by atoms with van der Waals surface area (Å²) in [6, 6.07) is 8.52. The molecule has 138 valence electrons. The van der Waals surface area contributed by atoms with Crippen molar-refractivity contribution in [2.45, 2.75) is 45.8 Å². The Labute approximate surface area is 151 Å². The Bertz CT molecular complexity index is 638. The van der Waals surface area contributed by atoms with Gasteiger partial charge < -0.3 is 20.3 Å². The highest BCUT2D eigenvalue weighted by Gasteiger charge is 2.63. The number of carbonyl (C=O) groups is 1. The molecule has 0 radical (unpaired) electrons. The maximum atomic E-state index is 13.1. The first-order valence-electron chi connectivity index (χ1n) is 9.31. The number of anilines is 1. The van der Waals surface area contributed by atoms with Crippen molar-refractivity contribution in [1.82, 2.24) is 4.90 Å². The summed E-state index contributed by atoms with van der Waals surface area (Å²) < 4.78 is 5.75. The molecule has 2 atom stereocenters. The number of amides is 1. The molecule has 5 heteroatoms. The molecule has 1 heterocycles. The Morgan fingerprint density at radius 1 is 1.28 bits per heavy atom. The maximum absolute atomic E-state index is 13.1. The van der Waals surface area contributed by atoms with Gasteiger partial charge in [-0.25, -0.2) is 0 Å². The van der Waals surface area contributed by atoms with Crippen LogP contribution in [0.2, 0.25) is 0 Å². The minimum absolute atomic E-state index is 0.0695. The average molecular weight is 345 g/mol. The molecular formula is C20H31N3O2. The van der Waals surface area contributed by atoms with Gasteiger partial charge in [-0.2, -0.15) is 0 Å². The van der Waals surface area contributed by atoms with Crippen LogP contribution in [0, 0.1) is 12.3 Å². The summed E-state index contributed by atoms with van der Waals surface area (Å²) in [6.45, 7) is 12.0. The molecule has 5 nitrogen and oxygen atoms in total. The van der Waals surface area contributed by atoms with E-state index in [1.807, 2.05) is 11.8 Å². The van der Waals surface area contributed by atoms with Crippen LogP contribution in [0.3, 0.4) is 0 Å². The van der Waals surface area contributed by atoms with E-state index in [0.717, 1.165) is 26.2 Å². The lowest BCUT2D eigenvalue weighted by Gasteiger charge is -2.59. The molecule has 1 aliphatic heterocycles. The van der Waals surface area contributed by atoms with Crippen LogP contribution in [0.25, 0.3) is 0 Å². The first-order valence-corrected chi connectivity index (χ1v) is 9.31. The fourth-order valence-electron chi connectivity index (χ4n) is 4.07. The van der Waals surface area contributed by atoms with Crippen LogP contribution in [0.5, 0.6) is 0 Å². The molecule has 0 spiro atoms. The molecular weight excluding hydrogens is 314 g/mol. The number of carbonyl (C=O) groups excluding carboxylic acids is 1. The average Bonchev–Trinajstić information content (AvgIpc) is 2.61. The molecule has 2 N–H and O–H groups in total. The van der Waals surface area contributed by atoms with Crippen molar-refractivity contribution in [3.8, 4) is 0 Å². The number of nitrogens with two attached hydrogens (primary N) is 1. The van der Waals surface area contributed by atoms with E-state index in [1.165, 1.54) is 11.3 Å². The highest BCUT2D eigenvalue weighted by Crippen LogP contribution is 2.50. The third kappa shape index (κ3) is 3.04. The summed E-state index contributed by atoms with van der Waals surface area (Å²) >= 11 is 0. The standard InChI is InChI=1S/C20H31N3O2/c1-5-25-17-14-20(21,19(17,3)4)18(24)23-11-9-22(10-12-23)16-8-6-7-15(2)13-16/h6-8,13,17H,5,9-12,14,21H2,1-4H3. The number of hydrogen-bond donors (Lipinski definition) is 1. The van der Waals surface area contributed by atoms with E-state index in [0.29, 0.717) is 13.0 Å². The van der Waals surface area contributed by atoms with Crippen LogP contribution in [-0.4, -0.2) is 55.2 Å². The molecule has 1 saturated carbocycles. The quantitative estimate of drug-likeness (QED) is 0.909. The van der Waals surface area contributed by atoms with Crippen LogP contribution < -0.4 is 10.6 Å². The van der Waals surface area contributed by atoms with Crippen molar-refractivity contribution in [3.05, 3.63) is 29.8 Å². The van der Waals surface area contributed by atoms with E-state index in [-0.39, 0.29) is 17.4 Å². The van der Waals surface area contributed by atoms with Gasteiger partial charge in [-0.3, -0.25) is 4.79 Å². The number of hydrogen-bond acceptors (Lipinski definition) is 4. The zero-order valence-corrected chi connectivity index (χ0v) is 15.9. The number of aryl methyl sites for hydroxylation is 1. The van der Waals surface area contributed by atoms with Gasteiger partial charge in [0, 0.05) is 50.3 Å². The molecule has 2 aliphatic rings. The van der Waals surface area contributed by atoms with Gasteiger partial charge in [0.25, 0.3) is 0 Å². The summed E-state index contributed by atoms with van der Waals surface area (Å²) in [7, 11) is 0. The van der Waals surface area contributed by atoms with E-state index < -0.39 is 5.54 Å². The Balaban J connectivity index is 1.62. The van der Waals surface area contributed by atoms with Crippen molar-refractivity contribution in [1.29, 1.82) is 0 Å². The summed E-state index contributed by atoms with van der Waals surface area (Å²) in [5.41, 5.74) is 7.91. The molecule has 25 heavy (non-hydrogen) atoms. The van der Waals surface area contributed by atoms with Crippen LogP contribution in [0.4, 0.5) is 5.69 Å². The van der Waals surface area contributed by atoms with E-state index in [9.17, 15) is 4.79 Å². The molecule has 3 rings (SSSR count). The summed E-state index contributed by atoms with van der Waals surface area (Å²) in [4.78, 5) is 17.4. The maximum Gasteiger partial charge on any atom is 0.243 e. The number of rotatable bonds is 4. The predicted molar refractivity (Wildman–Crippen MR) is 101 cm³/mol. The zero-order chi connectivity index (χ0) is 18.2. The van der Waals surface area contributed by atoms with Gasteiger partial charge in [0.1, 0.15) is 5.54 Å². The highest BCUT2D eigenvalue weighted by molar-refractivity contribution is 5.89. The second-order valence-corrected chi connectivity index (χ2v) is 7.96. The smallest absolute Gasteiger partial charge is 0.243 e. The molecule has 1 aromatic carbocycles. The van der Waals surface area contributed by atoms with Gasteiger partial charge >= 0.3 is 0 Å². The lowest BCUT2D eigenvalue weighted by Crippen LogP contribution is -2.76. The van der Waals surface area contributed by atoms with E-state index in [1.54, 1.807) is 0 Å². The summed E-state index contributed by atoms with van der Waals surface area (Å²) in [5, 5.41) is 0. The normalized spacial score (nSPS) is 28.6. The number of nitrogens with zero attached hydrogens (tertiary/aromatic N) is 2. The minimum atomic E-state index is -0.807. The topological polar surface area (TPSA) is 58.8 Å².